The smallest absolute Gasteiger partial charge is 0.253 e. The molecule has 3 heterocycles. The number of sulfonamides is 1. The summed E-state index contributed by atoms with van der Waals surface area (Å²) in [7, 11) is -3.82. The third-order valence-corrected chi connectivity index (χ3v) is 9.35. The summed E-state index contributed by atoms with van der Waals surface area (Å²) in [5.41, 5.74) is 1.32. The third-order valence-electron chi connectivity index (χ3n) is 4.81. The summed E-state index contributed by atoms with van der Waals surface area (Å²) in [5.74, 6) is -0.588. The second-order valence-corrected chi connectivity index (χ2v) is 11.9. The highest BCUT2D eigenvalue weighted by Gasteiger charge is 2.38. The van der Waals surface area contributed by atoms with E-state index in [9.17, 15) is 18.0 Å². The van der Waals surface area contributed by atoms with Crippen molar-refractivity contribution in [3.8, 4) is 0 Å². The predicted molar refractivity (Wildman–Crippen MR) is 123 cm³/mol. The van der Waals surface area contributed by atoms with Crippen molar-refractivity contribution in [3.05, 3.63) is 34.7 Å². The fourth-order valence-electron chi connectivity index (χ4n) is 3.45. The van der Waals surface area contributed by atoms with Crippen LogP contribution in [0.25, 0.3) is 10.2 Å². The summed E-state index contributed by atoms with van der Waals surface area (Å²) in [6.07, 6.45) is 1.88. The standard InChI is InChI=1S/C19H19ClN4O4S3/c1-11(25)21-12-5-6-13-15(10-12)29-19(22-13)23-18(26)14-4-2-3-9-24(14)31(27,28)17-8-7-16(20)30-17/h5-8,10,14H,2-4,9H2,1H3,(H,21,25)(H,22,23,26). The van der Waals surface area contributed by atoms with Gasteiger partial charge in [-0.25, -0.2) is 13.4 Å². The number of halogens is 1. The minimum atomic E-state index is -3.82. The highest BCUT2D eigenvalue weighted by atomic mass is 35.5. The summed E-state index contributed by atoms with van der Waals surface area (Å²) in [6, 6.07) is 7.45. The van der Waals surface area contributed by atoms with Gasteiger partial charge in [-0.2, -0.15) is 4.31 Å². The lowest BCUT2D eigenvalue weighted by Crippen LogP contribution is -2.49. The van der Waals surface area contributed by atoms with Gasteiger partial charge in [-0.3, -0.25) is 9.59 Å². The second-order valence-electron chi connectivity index (χ2n) is 7.06. The van der Waals surface area contributed by atoms with Gasteiger partial charge in [0.05, 0.1) is 14.6 Å². The van der Waals surface area contributed by atoms with Crippen molar-refractivity contribution < 1.29 is 18.0 Å². The number of benzene rings is 1. The molecule has 0 saturated carbocycles. The van der Waals surface area contributed by atoms with Gasteiger partial charge in [0.2, 0.25) is 11.8 Å². The average molecular weight is 499 g/mol. The Morgan fingerprint density at radius 3 is 2.68 bits per heavy atom. The first-order valence-corrected chi connectivity index (χ1v) is 13.0. The molecule has 2 N–H and O–H groups in total. The highest BCUT2D eigenvalue weighted by molar-refractivity contribution is 7.91. The number of hydrogen-bond acceptors (Lipinski definition) is 7. The summed E-state index contributed by atoms with van der Waals surface area (Å²) >= 11 is 8.16. The van der Waals surface area contributed by atoms with Gasteiger partial charge >= 0.3 is 0 Å². The van der Waals surface area contributed by atoms with Crippen molar-refractivity contribution in [2.24, 2.45) is 0 Å². The molecule has 4 rings (SSSR count). The van der Waals surface area contributed by atoms with Crippen LogP contribution in [0.5, 0.6) is 0 Å². The van der Waals surface area contributed by atoms with E-state index in [0.717, 1.165) is 22.5 Å². The van der Waals surface area contributed by atoms with Crippen LogP contribution in [0.2, 0.25) is 4.34 Å². The number of carbonyl (C=O) groups is 2. The second kappa shape index (κ2) is 8.83. The molecule has 1 aromatic carbocycles. The van der Waals surface area contributed by atoms with Crippen molar-refractivity contribution >= 4 is 77.1 Å². The van der Waals surface area contributed by atoms with Crippen molar-refractivity contribution in [1.29, 1.82) is 0 Å². The number of nitrogens with one attached hydrogen (secondary N) is 2. The average Bonchev–Trinajstić information content (AvgIpc) is 3.33. The Morgan fingerprint density at radius 2 is 1.97 bits per heavy atom. The minimum absolute atomic E-state index is 0.127. The van der Waals surface area contributed by atoms with Gasteiger partial charge in [-0.15, -0.1) is 11.3 Å². The van der Waals surface area contributed by atoms with Crippen molar-refractivity contribution in [1.82, 2.24) is 9.29 Å². The molecule has 3 aromatic rings. The number of piperidine rings is 1. The maximum atomic E-state index is 13.1. The zero-order valence-corrected chi connectivity index (χ0v) is 19.6. The van der Waals surface area contributed by atoms with Crippen molar-refractivity contribution in [2.45, 2.75) is 36.4 Å². The van der Waals surface area contributed by atoms with E-state index in [1.165, 1.54) is 34.7 Å². The molecule has 0 aliphatic carbocycles. The Kier molecular flexibility index (Phi) is 6.31. The van der Waals surface area contributed by atoms with E-state index in [1.807, 2.05) is 0 Å². The Labute approximate surface area is 192 Å². The number of thiophene rings is 1. The van der Waals surface area contributed by atoms with Crippen LogP contribution in [-0.2, 0) is 19.6 Å². The fourth-order valence-corrected chi connectivity index (χ4v) is 7.63. The third kappa shape index (κ3) is 4.75. The summed E-state index contributed by atoms with van der Waals surface area (Å²) < 4.78 is 28.7. The van der Waals surface area contributed by atoms with E-state index >= 15 is 0 Å². The quantitative estimate of drug-likeness (QED) is 0.549. The molecule has 1 atom stereocenters. The van der Waals surface area contributed by atoms with E-state index in [1.54, 1.807) is 18.2 Å². The van der Waals surface area contributed by atoms with Gasteiger partial charge in [-0.1, -0.05) is 29.4 Å². The van der Waals surface area contributed by atoms with E-state index < -0.39 is 22.0 Å². The molecule has 164 valence electrons. The maximum absolute atomic E-state index is 13.1. The normalized spacial score (nSPS) is 17.5. The number of amides is 2. The first-order chi connectivity index (χ1) is 14.7. The van der Waals surface area contributed by atoms with Crippen LogP contribution < -0.4 is 10.6 Å². The molecule has 2 aromatic heterocycles. The Bertz CT molecular complexity index is 1250. The molecule has 12 heteroatoms. The monoisotopic (exact) mass is 498 g/mol. The van der Waals surface area contributed by atoms with Gasteiger partial charge < -0.3 is 10.6 Å². The summed E-state index contributed by atoms with van der Waals surface area (Å²) in [5, 5.41) is 5.86. The first kappa shape index (κ1) is 22.2. The van der Waals surface area contributed by atoms with Crippen LogP contribution in [0.1, 0.15) is 26.2 Å². The summed E-state index contributed by atoms with van der Waals surface area (Å²) in [6.45, 7) is 1.70. The van der Waals surface area contributed by atoms with Gasteiger partial charge in [0.25, 0.3) is 10.0 Å². The molecule has 1 aliphatic rings. The lowest BCUT2D eigenvalue weighted by Gasteiger charge is -2.32. The van der Waals surface area contributed by atoms with Crippen molar-refractivity contribution in [3.63, 3.8) is 0 Å². The van der Waals surface area contributed by atoms with Gasteiger partial charge in [0.1, 0.15) is 10.3 Å². The molecule has 1 unspecified atom stereocenters. The molecule has 2 amide bonds. The number of rotatable bonds is 5. The predicted octanol–water partition coefficient (Wildman–Crippen LogP) is 4.15. The van der Waals surface area contributed by atoms with E-state index in [4.69, 9.17) is 11.6 Å². The van der Waals surface area contributed by atoms with Gasteiger partial charge in [0, 0.05) is 19.2 Å². The lowest BCUT2D eigenvalue weighted by molar-refractivity contribution is -0.120. The minimum Gasteiger partial charge on any atom is -0.326 e. The number of thiazole rings is 1. The van der Waals surface area contributed by atoms with E-state index in [0.29, 0.717) is 33.5 Å². The SMILES string of the molecule is CC(=O)Nc1ccc2nc(NC(=O)C3CCCCN3S(=O)(=O)c3ccc(Cl)s3)sc2c1. The Hall–Kier alpha value is -2.05. The molecule has 0 spiro atoms. The van der Waals surface area contributed by atoms with Crippen LogP contribution in [0.4, 0.5) is 10.8 Å². The Balaban J connectivity index is 1.55. The molecular formula is C19H19ClN4O4S3. The lowest BCUT2D eigenvalue weighted by atomic mass is 10.0. The van der Waals surface area contributed by atoms with Crippen LogP contribution in [0.15, 0.2) is 34.5 Å². The fraction of sp³-hybridized carbons (Fsp3) is 0.316. The van der Waals surface area contributed by atoms with Crippen LogP contribution in [0.3, 0.4) is 0 Å². The number of nitrogens with zero attached hydrogens (tertiary/aromatic N) is 2. The molecule has 0 bridgehead atoms. The number of fused-ring (bicyclic) bond motifs is 1. The van der Waals surface area contributed by atoms with Crippen LogP contribution in [0, 0.1) is 0 Å². The Morgan fingerprint density at radius 1 is 1.16 bits per heavy atom. The van der Waals surface area contributed by atoms with E-state index in [2.05, 4.69) is 15.6 Å². The largest absolute Gasteiger partial charge is 0.326 e. The number of anilines is 2. The molecular weight excluding hydrogens is 480 g/mol. The van der Waals surface area contributed by atoms with Gasteiger partial charge in [0.15, 0.2) is 5.13 Å². The number of hydrogen-bond donors (Lipinski definition) is 2. The number of aromatic nitrogens is 1. The molecule has 8 nitrogen and oxygen atoms in total. The van der Waals surface area contributed by atoms with Gasteiger partial charge in [-0.05, 0) is 43.2 Å². The molecule has 1 aliphatic heterocycles. The topological polar surface area (TPSA) is 108 Å². The van der Waals surface area contributed by atoms with Crippen molar-refractivity contribution in [2.75, 3.05) is 17.2 Å². The highest BCUT2D eigenvalue weighted by Crippen LogP contribution is 2.33. The summed E-state index contributed by atoms with van der Waals surface area (Å²) in [4.78, 5) is 28.7. The van der Waals surface area contributed by atoms with E-state index in [-0.39, 0.29) is 16.7 Å². The molecule has 1 saturated heterocycles. The number of carbonyl (C=O) groups excluding carboxylic acids is 2. The molecule has 31 heavy (non-hydrogen) atoms. The van der Waals surface area contributed by atoms with Crippen LogP contribution >= 0.6 is 34.3 Å². The zero-order valence-electron chi connectivity index (χ0n) is 16.4. The maximum Gasteiger partial charge on any atom is 0.253 e. The van der Waals surface area contributed by atoms with Crippen LogP contribution in [-0.4, -0.2) is 42.1 Å². The zero-order chi connectivity index (χ0) is 22.2. The first-order valence-electron chi connectivity index (χ1n) is 9.50. The molecule has 1 fully saturated rings. The molecule has 0 radical (unpaired) electrons.